The normalized spacial score (nSPS) is 16.1. The Morgan fingerprint density at radius 2 is 1.95 bits per heavy atom. The van der Waals surface area contributed by atoms with Crippen LogP contribution < -0.4 is 15.8 Å². The van der Waals surface area contributed by atoms with Gasteiger partial charge in [0.25, 0.3) is 0 Å². The summed E-state index contributed by atoms with van der Waals surface area (Å²) in [7, 11) is 1.66. The summed E-state index contributed by atoms with van der Waals surface area (Å²) in [6, 6.07) is 7.66. The average molecular weight is 289 g/mol. The fraction of sp³-hybridized carbons (Fsp3) is 0.588. The van der Waals surface area contributed by atoms with Crippen LogP contribution in [0.5, 0.6) is 5.75 Å². The molecule has 2 rings (SSSR count). The number of nitrogens with zero attached hydrogens (tertiary/aromatic N) is 1. The molecule has 0 aromatic heterocycles. The second-order valence-corrected chi connectivity index (χ2v) is 5.77. The zero-order valence-corrected chi connectivity index (χ0v) is 13.0. The quantitative estimate of drug-likeness (QED) is 0.456. The Bertz CT molecular complexity index is 436. The maximum Gasteiger partial charge on any atom is 0.193 e. The van der Waals surface area contributed by atoms with Crippen molar-refractivity contribution >= 4 is 11.6 Å². The first-order valence-corrected chi connectivity index (χ1v) is 7.99. The molecule has 1 aliphatic rings. The van der Waals surface area contributed by atoms with E-state index in [2.05, 4.69) is 10.3 Å². The Labute approximate surface area is 127 Å². The first-order chi connectivity index (χ1) is 10.3. The first kappa shape index (κ1) is 15.7. The van der Waals surface area contributed by atoms with Crippen molar-refractivity contribution in [3.63, 3.8) is 0 Å². The van der Waals surface area contributed by atoms with Gasteiger partial charge < -0.3 is 15.8 Å². The summed E-state index contributed by atoms with van der Waals surface area (Å²) in [5, 5.41) is 3.10. The van der Waals surface area contributed by atoms with Crippen LogP contribution in [-0.2, 0) is 0 Å². The van der Waals surface area contributed by atoms with Crippen LogP contribution in [-0.4, -0.2) is 19.6 Å². The zero-order valence-electron chi connectivity index (χ0n) is 13.0. The van der Waals surface area contributed by atoms with Crippen LogP contribution in [0.15, 0.2) is 29.3 Å². The molecule has 4 heteroatoms. The van der Waals surface area contributed by atoms with Gasteiger partial charge in [-0.05, 0) is 36.6 Å². The highest BCUT2D eigenvalue weighted by Gasteiger charge is 2.13. The van der Waals surface area contributed by atoms with Crippen molar-refractivity contribution in [2.45, 2.75) is 44.9 Å². The molecule has 0 saturated heterocycles. The molecule has 1 aromatic carbocycles. The van der Waals surface area contributed by atoms with Crippen LogP contribution in [0, 0.1) is 5.92 Å². The lowest BCUT2D eigenvalue weighted by molar-refractivity contribution is 0.415. The maximum atomic E-state index is 5.89. The Morgan fingerprint density at radius 3 is 2.62 bits per heavy atom. The molecule has 0 amide bonds. The number of guanidine groups is 1. The van der Waals surface area contributed by atoms with E-state index in [9.17, 15) is 0 Å². The largest absolute Gasteiger partial charge is 0.497 e. The standard InChI is InChI=1S/C17H27N3O/c1-21-16-11-9-15(10-12-16)20-17(18)19-13-5-4-8-14-6-2-3-7-14/h9-12,14H,2-8,13H2,1H3,(H3,18,19,20). The van der Waals surface area contributed by atoms with Gasteiger partial charge in [-0.15, -0.1) is 0 Å². The van der Waals surface area contributed by atoms with Crippen LogP contribution in [0.2, 0.25) is 0 Å². The molecule has 1 aliphatic carbocycles. The molecule has 0 atom stereocenters. The van der Waals surface area contributed by atoms with Gasteiger partial charge in [-0.25, -0.2) is 0 Å². The molecule has 1 aromatic rings. The predicted molar refractivity (Wildman–Crippen MR) is 88.9 cm³/mol. The molecule has 116 valence electrons. The Hall–Kier alpha value is -1.71. The van der Waals surface area contributed by atoms with Crippen molar-refractivity contribution in [1.29, 1.82) is 0 Å². The summed E-state index contributed by atoms with van der Waals surface area (Å²) >= 11 is 0. The lowest BCUT2D eigenvalue weighted by atomic mass is 10.0. The number of aliphatic imine (C=N–C) groups is 1. The van der Waals surface area contributed by atoms with E-state index in [1.807, 2.05) is 24.3 Å². The third kappa shape index (κ3) is 5.66. The molecule has 0 spiro atoms. The van der Waals surface area contributed by atoms with E-state index in [0.29, 0.717) is 5.96 Å². The van der Waals surface area contributed by atoms with E-state index < -0.39 is 0 Å². The van der Waals surface area contributed by atoms with E-state index in [-0.39, 0.29) is 0 Å². The van der Waals surface area contributed by atoms with Crippen LogP contribution >= 0.6 is 0 Å². The summed E-state index contributed by atoms with van der Waals surface area (Å²) < 4.78 is 5.12. The predicted octanol–water partition coefficient (Wildman–Crippen LogP) is 3.78. The van der Waals surface area contributed by atoms with Gasteiger partial charge in [0.05, 0.1) is 7.11 Å². The monoisotopic (exact) mass is 289 g/mol. The number of nitrogens with one attached hydrogen (secondary N) is 1. The summed E-state index contributed by atoms with van der Waals surface area (Å²) in [4.78, 5) is 4.38. The van der Waals surface area contributed by atoms with Crippen LogP contribution in [0.3, 0.4) is 0 Å². The fourth-order valence-corrected chi connectivity index (χ4v) is 2.91. The van der Waals surface area contributed by atoms with Crippen LogP contribution in [0.1, 0.15) is 44.9 Å². The number of anilines is 1. The molecule has 1 fully saturated rings. The van der Waals surface area contributed by atoms with E-state index in [0.717, 1.165) is 30.3 Å². The number of unbranched alkanes of at least 4 members (excludes halogenated alkanes) is 1. The molecule has 0 heterocycles. The molecular formula is C17H27N3O. The number of benzene rings is 1. The summed E-state index contributed by atoms with van der Waals surface area (Å²) in [6.07, 6.45) is 9.49. The van der Waals surface area contributed by atoms with Crippen molar-refractivity contribution in [2.75, 3.05) is 19.0 Å². The SMILES string of the molecule is COc1ccc(NC(N)=NCCCCC2CCCC2)cc1. The van der Waals surface area contributed by atoms with E-state index >= 15 is 0 Å². The van der Waals surface area contributed by atoms with E-state index in [1.165, 1.54) is 38.5 Å². The lowest BCUT2D eigenvalue weighted by Gasteiger charge is -2.08. The molecule has 0 unspecified atom stereocenters. The van der Waals surface area contributed by atoms with Crippen molar-refractivity contribution in [3.8, 4) is 5.75 Å². The molecule has 0 bridgehead atoms. The Morgan fingerprint density at radius 1 is 1.24 bits per heavy atom. The van der Waals surface area contributed by atoms with Gasteiger partial charge in [-0.1, -0.05) is 38.5 Å². The second-order valence-electron chi connectivity index (χ2n) is 5.77. The Kier molecular flexibility index (Phi) is 6.38. The molecule has 1 saturated carbocycles. The van der Waals surface area contributed by atoms with Crippen molar-refractivity contribution in [2.24, 2.45) is 16.6 Å². The van der Waals surface area contributed by atoms with Gasteiger partial charge in [-0.2, -0.15) is 0 Å². The third-order valence-corrected chi connectivity index (χ3v) is 4.14. The molecule has 21 heavy (non-hydrogen) atoms. The number of nitrogens with two attached hydrogens (primary N) is 1. The average Bonchev–Trinajstić information content (AvgIpc) is 3.01. The highest BCUT2D eigenvalue weighted by Crippen LogP contribution is 2.28. The van der Waals surface area contributed by atoms with E-state index in [4.69, 9.17) is 10.5 Å². The molecule has 4 nitrogen and oxygen atoms in total. The minimum absolute atomic E-state index is 0.487. The second kappa shape index (κ2) is 8.55. The topological polar surface area (TPSA) is 59.6 Å². The number of hydrogen-bond acceptors (Lipinski definition) is 2. The van der Waals surface area contributed by atoms with Crippen molar-refractivity contribution in [1.82, 2.24) is 0 Å². The zero-order chi connectivity index (χ0) is 14.9. The Balaban J connectivity index is 1.63. The van der Waals surface area contributed by atoms with Crippen molar-refractivity contribution in [3.05, 3.63) is 24.3 Å². The molecule has 0 aliphatic heterocycles. The number of hydrogen-bond donors (Lipinski definition) is 2. The molecular weight excluding hydrogens is 262 g/mol. The summed E-state index contributed by atoms with van der Waals surface area (Å²) in [6.45, 7) is 0.807. The van der Waals surface area contributed by atoms with Gasteiger partial charge >= 0.3 is 0 Å². The van der Waals surface area contributed by atoms with Gasteiger partial charge in [0, 0.05) is 12.2 Å². The number of ether oxygens (including phenoxy) is 1. The maximum absolute atomic E-state index is 5.89. The lowest BCUT2D eigenvalue weighted by Crippen LogP contribution is -2.22. The first-order valence-electron chi connectivity index (χ1n) is 7.99. The number of rotatable bonds is 7. The smallest absolute Gasteiger partial charge is 0.193 e. The minimum atomic E-state index is 0.487. The third-order valence-electron chi connectivity index (χ3n) is 4.14. The van der Waals surface area contributed by atoms with Crippen LogP contribution in [0.25, 0.3) is 0 Å². The summed E-state index contributed by atoms with van der Waals surface area (Å²) in [5.41, 5.74) is 6.82. The molecule has 0 radical (unpaired) electrons. The van der Waals surface area contributed by atoms with Gasteiger partial charge in [-0.3, -0.25) is 4.99 Å². The fourth-order valence-electron chi connectivity index (χ4n) is 2.91. The van der Waals surface area contributed by atoms with Crippen LogP contribution in [0.4, 0.5) is 5.69 Å². The van der Waals surface area contributed by atoms with Gasteiger partial charge in [0.15, 0.2) is 5.96 Å². The van der Waals surface area contributed by atoms with Crippen molar-refractivity contribution < 1.29 is 4.74 Å². The minimum Gasteiger partial charge on any atom is -0.497 e. The highest BCUT2D eigenvalue weighted by molar-refractivity contribution is 5.92. The molecule has 3 N–H and O–H groups in total. The summed E-state index contributed by atoms with van der Waals surface area (Å²) in [5.74, 6) is 2.30. The van der Waals surface area contributed by atoms with Gasteiger partial charge in [0.2, 0.25) is 0 Å². The highest BCUT2D eigenvalue weighted by atomic mass is 16.5. The van der Waals surface area contributed by atoms with Gasteiger partial charge in [0.1, 0.15) is 5.75 Å². The van der Waals surface area contributed by atoms with E-state index in [1.54, 1.807) is 7.11 Å². The number of methoxy groups -OCH3 is 1.